The fraction of sp³-hybridized carbons (Fsp3) is 0. The minimum atomic E-state index is 0.518. The molecule has 48 heavy (non-hydrogen) atoms. The smallest absolute Gasteiger partial charge is 0.100 e. The number of fused-ring (bicyclic) bond motifs is 6. The Morgan fingerprint density at radius 1 is 0.438 bits per heavy atom. The van der Waals surface area contributed by atoms with E-state index < -0.39 is 0 Å². The number of rotatable bonds is 4. The largest absolute Gasteiger partial charge is 0.309 e. The summed E-state index contributed by atoms with van der Waals surface area (Å²) < 4.78 is 4.50. The Kier molecular flexibility index (Phi) is 6.18. The molecule has 0 fully saturated rings. The second-order valence-electron chi connectivity index (χ2n) is 11.8. The molecule has 0 bridgehead atoms. The minimum absolute atomic E-state index is 0.518. The predicted molar refractivity (Wildman–Crippen MR) is 193 cm³/mol. The van der Waals surface area contributed by atoms with Gasteiger partial charge in [0.25, 0.3) is 0 Å². The van der Waals surface area contributed by atoms with Crippen LogP contribution in [0.3, 0.4) is 0 Å². The van der Waals surface area contributed by atoms with Crippen LogP contribution in [0.25, 0.3) is 77.2 Å². The molecule has 0 spiro atoms. The van der Waals surface area contributed by atoms with Crippen molar-refractivity contribution in [1.82, 2.24) is 14.1 Å². The van der Waals surface area contributed by atoms with Crippen molar-refractivity contribution in [3.05, 3.63) is 163 Å². The van der Waals surface area contributed by atoms with Gasteiger partial charge in [-0.3, -0.25) is 4.98 Å². The Balaban J connectivity index is 1.33. The van der Waals surface area contributed by atoms with Crippen LogP contribution in [0, 0.1) is 22.7 Å². The Hall–Kier alpha value is -6.95. The minimum Gasteiger partial charge on any atom is -0.309 e. The summed E-state index contributed by atoms with van der Waals surface area (Å²) in [5, 5.41) is 25.6. The number of nitrogens with zero attached hydrogens (tertiary/aromatic N) is 5. The first-order chi connectivity index (χ1) is 23.8. The summed E-state index contributed by atoms with van der Waals surface area (Å²) in [4.78, 5) is 4.55. The van der Waals surface area contributed by atoms with E-state index in [9.17, 15) is 10.5 Å². The van der Waals surface area contributed by atoms with Crippen molar-refractivity contribution in [3.8, 4) is 45.8 Å². The highest BCUT2D eigenvalue weighted by atomic mass is 15.0. The molecule has 0 atom stereocenters. The monoisotopic (exact) mass is 611 g/mol. The van der Waals surface area contributed by atoms with Crippen molar-refractivity contribution < 1.29 is 0 Å². The Bertz CT molecular complexity index is 2710. The first-order valence-electron chi connectivity index (χ1n) is 15.8. The van der Waals surface area contributed by atoms with Gasteiger partial charge in [-0.15, -0.1) is 0 Å². The molecule has 5 heteroatoms. The summed E-state index contributed by atoms with van der Waals surface area (Å²) in [6.07, 6.45) is 3.65. The van der Waals surface area contributed by atoms with Crippen LogP contribution in [0.1, 0.15) is 11.1 Å². The number of benzene rings is 6. The number of hydrogen-bond acceptors (Lipinski definition) is 3. The molecule has 0 amide bonds. The van der Waals surface area contributed by atoms with Gasteiger partial charge >= 0.3 is 0 Å². The maximum atomic E-state index is 10.9. The maximum absolute atomic E-state index is 10.9. The second kappa shape index (κ2) is 10.8. The molecule has 0 radical (unpaired) electrons. The highest BCUT2D eigenvalue weighted by Crippen LogP contribution is 2.41. The van der Waals surface area contributed by atoms with Gasteiger partial charge in [-0.05, 0) is 48.5 Å². The first-order valence-corrected chi connectivity index (χ1v) is 15.8. The summed E-state index contributed by atoms with van der Waals surface area (Å²) in [7, 11) is 0. The molecule has 0 aliphatic rings. The van der Waals surface area contributed by atoms with Gasteiger partial charge in [0, 0.05) is 56.2 Å². The third kappa shape index (κ3) is 3.99. The van der Waals surface area contributed by atoms with E-state index in [0.29, 0.717) is 11.1 Å². The van der Waals surface area contributed by atoms with Gasteiger partial charge in [-0.1, -0.05) is 91.0 Å². The van der Waals surface area contributed by atoms with Crippen LogP contribution >= 0.6 is 0 Å². The molecule has 5 nitrogen and oxygen atoms in total. The number of pyridine rings is 1. The lowest BCUT2D eigenvalue weighted by atomic mass is 9.90. The standard InChI is InChI=1S/C43H25N5/c44-25-28-20-21-42(47-38-16-5-1-10-31(38)32-11-2-6-17-39(32)47)35(24-28)29-14-9-15-30(36(29)26-45)37-27-46-23-22-43(37)48-40-18-7-3-12-33(40)34-13-4-8-19-41(34)48/h1-24,27H. The average molecular weight is 612 g/mol. The Morgan fingerprint density at radius 2 is 0.917 bits per heavy atom. The van der Waals surface area contributed by atoms with E-state index in [4.69, 9.17) is 0 Å². The van der Waals surface area contributed by atoms with E-state index in [1.165, 1.54) is 0 Å². The number of nitriles is 2. The quantitative estimate of drug-likeness (QED) is 0.199. The molecule has 3 heterocycles. The van der Waals surface area contributed by atoms with Gasteiger partial charge in [0.2, 0.25) is 0 Å². The third-order valence-corrected chi connectivity index (χ3v) is 9.32. The third-order valence-electron chi connectivity index (χ3n) is 9.32. The molecule has 0 unspecified atom stereocenters. The lowest BCUT2D eigenvalue weighted by molar-refractivity contribution is 1.16. The average Bonchev–Trinajstić information content (AvgIpc) is 3.67. The number of hydrogen-bond donors (Lipinski definition) is 0. The van der Waals surface area contributed by atoms with Crippen molar-refractivity contribution in [1.29, 1.82) is 10.5 Å². The van der Waals surface area contributed by atoms with Gasteiger partial charge in [-0.2, -0.15) is 10.5 Å². The van der Waals surface area contributed by atoms with Crippen LogP contribution < -0.4 is 0 Å². The highest BCUT2D eigenvalue weighted by Gasteiger charge is 2.22. The van der Waals surface area contributed by atoms with E-state index in [1.54, 1.807) is 6.20 Å². The first kappa shape index (κ1) is 27.4. The molecular weight excluding hydrogens is 587 g/mol. The van der Waals surface area contributed by atoms with E-state index in [1.807, 2.05) is 60.8 Å². The van der Waals surface area contributed by atoms with E-state index in [0.717, 1.165) is 77.2 Å². The lowest BCUT2D eigenvalue weighted by Crippen LogP contribution is -2.01. The molecule has 0 aliphatic carbocycles. The number of aromatic nitrogens is 3. The molecule has 9 rings (SSSR count). The zero-order valence-corrected chi connectivity index (χ0v) is 25.7. The maximum Gasteiger partial charge on any atom is 0.100 e. The lowest BCUT2D eigenvalue weighted by Gasteiger charge is -2.18. The van der Waals surface area contributed by atoms with Gasteiger partial charge in [0.15, 0.2) is 0 Å². The summed E-state index contributed by atoms with van der Waals surface area (Å²) in [5.41, 5.74) is 10.3. The van der Waals surface area contributed by atoms with Crippen molar-refractivity contribution in [3.63, 3.8) is 0 Å². The SMILES string of the molecule is N#Cc1ccc(-n2c3ccccc3c3ccccc32)c(-c2cccc(-c3cnccc3-n3c4ccccc4c4ccccc43)c2C#N)c1. The fourth-order valence-corrected chi connectivity index (χ4v) is 7.29. The topological polar surface area (TPSA) is 70.3 Å². The Morgan fingerprint density at radius 3 is 1.42 bits per heavy atom. The van der Waals surface area contributed by atoms with Crippen molar-refractivity contribution in [2.45, 2.75) is 0 Å². The van der Waals surface area contributed by atoms with Crippen LogP contribution in [-0.4, -0.2) is 14.1 Å². The van der Waals surface area contributed by atoms with Crippen LogP contribution in [-0.2, 0) is 0 Å². The fourth-order valence-electron chi connectivity index (χ4n) is 7.29. The van der Waals surface area contributed by atoms with Crippen molar-refractivity contribution >= 4 is 43.6 Å². The molecule has 222 valence electrons. The second-order valence-corrected chi connectivity index (χ2v) is 11.8. The summed E-state index contributed by atoms with van der Waals surface area (Å²) in [5.74, 6) is 0. The van der Waals surface area contributed by atoms with Crippen LogP contribution in [0.4, 0.5) is 0 Å². The number of para-hydroxylation sites is 4. The molecule has 9 aromatic rings. The molecule has 0 saturated carbocycles. The van der Waals surface area contributed by atoms with Crippen LogP contribution in [0.2, 0.25) is 0 Å². The van der Waals surface area contributed by atoms with E-state index >= 15 is 0 Å². The summed E-state index contributed by atoms with van der Waals surface area (Å²) in [6, 6.07) is 52.1. The normalized spacial score (nSPS) is 11.3. The van der Waals surface area contributed by atoms with Crippen LogP contribution in [0.15, 0.2) is 152 Å². The van der Waals surface area contributed by atoms with E-state index in [-0.39, 0.29) is 0 Å². The van der Waals surface area contributed by atoms with Gasteiger partial charge in [0.1, 0.15) is 6.07 Å². The zero-order chi connectivity index (χ0) is 32.2. The molecule has 6 aromatic carbocycles. The Labute approximate surface area is 276 Å². The predicted octanol–water partition coefficient (Wildman–Crippen LogP) is 10.4. The van der Waals surface area contributed by atoms with Gasteiger partial charge < -0.3 is 9.13 Å². The summed E-state index contributed by atoms with van der Waals surface area (Å²) in [6.45, 7) is 0. The van der Waals surface area contributed by atoms with Crippen molar-refractivity contribution in [2.24, 2.45) is 0 Å². The zero-order valence-electron chi connectivity index (χ0n) is 25.7. The summed E-state index contributed by atoms with van der Waals surface area (Å²) >= 11 is 0. The molecule has 0 aliphatic heterocycles. The highest BCUT2D eigenvalue weighted by molar-refractivity contribution is 6.11. The molecular formula is C43H25N5. The molecule has 0 saturated heterocycles. The van der Waals surface area contributed by atoms with Crippen molar-refractivity contribution in [2.75, 3.05) is 0 Å². The molecule has 3 aromatic heterocycles. The van der Waals surface area contributed by atoms with E-state index in [2.05, 4.69) is 111 Å². The van der Waals surface area contributed by atoms with Crippen LogP contribution in [0.5, 0.6) is 0 Å². The molecule has 0 N–H and O–H groups in total. The van der Waals surface area contributed by atoms with Gasteiger partial charge in [0.05, 0.1) is 50.6 Å². The van der Waals surface area contributed by atoms with Gasteiger partial charge in [-0.25, -0.2) is 0 Å².